The Kier molecular flexibility index (Phi) is 46.9. The van der Waals surface area contributed by atoms with Gasteiger partial charge in [0, 0.05) is 11.9 Å². The molecule has 0 radical (unpaired) electrons. The summed E-state index contributed by atoms with van der Waals surface area (Å²) in [5.41, 5.74) is 0. The van der Waals surface area contributed by atoms with Gasteiger partial charge in [-0.2, -0.15) is 0 Å². The van der Waals surface area contributed by atoms with Gasteiger partial charge in [0.25, 0.3) is 0 Å². The van der Waals surface area contributed by atoms with Crippen molar-refractivity contribution in [2.24, 2.45) is 0 Å². The summed E-state index contributed by atoms with van der Waals surface area (Å²) in [5.74, 6) is 0. The summed E-state index contributed by atoms with van der Waals surface area (Å²) in [5, 5.41) is 0.838. The third kappa shape index (κ3) is 46.0. The van der Waals surface area contributed by atoms with E-state index in [1.807, 2.05) is 0 Å². The number of hydrogen-bond acceptors (Lipinski definition) is 13. The van der Waals surface area contributed by atoms with Crippen molar-refractivity contribution >= 4 is 15.9 Å². The molecule has 0 aliphatic rings. The molecular formula is C34H69BrO13. The molecule has 290 valence electrons. The van der Waals surface area contributed by atoms with E-state index in [0.29, 0.717) is 165 Å². The average molecular weight is 766 g/mol. The van der Waals surface area contributed by atoms with Gasteiger partial charge in [0.2, 0.25) is 0 Å². The Morgan fingerprint density at radius 3 is 0.646 bits per heavy atom. The lowest BCUT2D eigenvalue weighted by molar-refractivity contribution is -0.0289. The molecule has 0 heterocycles. The molecule has 0 unspecified atom stereocenters. The van der Waals surface area contributed by atoms with E-state index in [-0.39, 0.29) is 0 Å². The van der Waals surface area contributed by atoms with Crippen molar-refractivity contribution in [1.82, 2.24) is 0 Å². The highest BCUT2D eigenvalue weighted by Crippen LogP contribution is 2.04. The SMILES string of the molecule is CCCCCCCCOCCOCCOCCOCCOCCOCCOCCOCCOCCOCCOCCOCCOCCBr. The molecule has 0 aromatic heterocycles. The molecule has 0 fully saturated rings. The number of hydrogen-bond donors (Lipinski definition) is 0. The molecule has 0 N–H and O–H groups in total. The molecule has 48 heavy (non-hydrogen) atoms. The Morgan fingerprint density at radius 1 is 0.229 bits per heavy atom. The molecule has 0 rings (SSSR count). The van der Waals surface area contributed by atoms with Gasteiger partial charge >= 0.3 is 0 Å². The molecule has 0 bridgehead atoms. The summed E-state index contributed by atoms with van der Waals surface area (Å²) in [4.78, 5) is 0. The van der Waals surface area contributed by atoms with Crippen LogP contribution in [0.5, 0.6) is 0 Å². The van der Waals surface area contributed by atoms with Gasteiger partial charge in [0.05, 0.1) is 165 Å². The van der Waals surface area contributed by atoms with E-state index in [9.17, 15) is 0 Å². The quantitative estimate of drug-likeness (QED) is 0.0658. The molecule has 0 spiro atoms. The number of halogens is 1. The van der Waals surface area contributed by atoms with E-state index in [4.69, 9.17) is 61.6 Å². The molecule has 0 saturated carbocycles. The zero-order valence-electron chi connectivity index (χ0n) is 30.0. The first kappa shape index (κ1) is 48.0. The fourth-order valence-electron chi connectivity index (χ4n) is 3.78. The first-order valence-electron chi connectivity index (χ1n) is 18.0. The van der Waals surface area contributed by atoms with Gasteiger partial charge in [0.15, 0.2) is 0 Å². The second kappa shape index (κ2) is 47.0. The van der Waals surface area contributed by atoms with Crippen molar-refractivity contribution in [3.8, 4) is 0 Å². The van der Waals surface area contributed by atoms with Gasteiger partial charge in [-0.05, 0) is 6.42 Å². The van der Waals surface area contributed by atoms with E-state index in [1.54, 1.807) is 0 Å². The van der Waals surface area contributed by atoms with Crippen LogP contribution in [0, 0.1) is 0 Å². The van der Waals surface area contributed by atoms with Crippen LogP contribution < -0.4 is 0 Å². The highest BCUT2D eigenvalue weighted by molar-refractivity contribution is 9.09. The fraction of sp³-hybridized carbons (Fsp3) is 1.00. The minimum Gasteiger partial charge on any atom is -0.379 e. The highest BCUT2D eigenvalue weighted by atomic mass is 79.9. The fourth-order valence-corrected chi connectivity index (χ4v) is 4.01. The first-order chi connectivity index (χ1) is 23.9. The Bertz CT molecular complexity index is 509. The van der Waals surface area contributed by atoms with Crippen molar-refractivity contribution in [2.45, 2.75) is 45.4 Å². The van der Waals surface area contributed by atoms with Crippen molar-refractivity contribution in [1.29, 1.82) is 0 Å². The van der Waals surface area contributed by atoms with Crippen LogP contribution in [0.2, 0.25) is 0 Å². The maximum absolute atomic E-state index is 5.59. The predicted molar refractivity (Wildman–Crippen MR) is 188 cm³/mol. The summed E-state index contributed by atoms with van der Waals surface area (Å²) in [6.45, 7) is 16.8. The molecule has 0 aromatic rings. The van der Waals surface area contributed by atoms with Gasteiger partial charge in [-0.3, -0.25) is 0 Å². The topological polar surface area (TPSA) is 120 Å². The maximum atomic E-state index is 5.59. The lowest BCUT2D eigenvalue weighted by Gasteiger charge is -2.09. The minimum atomic E-state index is 0.515. The Labute approximate surface area is 299 Å². The standard InChI is InChI=1S/C34H69BrO13/c1-2-3-4-5-6-7-9-36-11-13-38-15-17-40-19-21-42-23-25-44-27-29-46-31-33-48-34-32-47-30-28-45-26-24-43-22-20-41-18-16-39-14-12-37-10-8-35/h2-34H2,1H3. The van der Waals surface area contributed by atoms with E-state index >= 15 is 0 Å². The van der Waals surface area contributed by atoms with Crippen molar-refractivity contribution < 1.29 is 61.6 Å². The molecular weight excluding hydrogens is 696 g/mol. The Balaban J connectivity index is 3.04. The lowest BCUT2D eigenvalue weighted by atomic mass is 10.1. The normalized spacial score (nSPS) is 11.6. The molecule has 0 aromatic carbocycles. The first-order valence-corrected chi connectivity index (χ1v) is 19.1. The molecule has 0 aliphatic carbocycles. The number of rotatable bonds is 45. The molecule has 0 atom stereocenters. The van der Waals surface area contributed by atoms with E-state index < -0.39 is 0 Å². The molecule has 13 nitrogen and oxygen atoms in total. The van der Waals surface area contributed by atoms with Gasteiger partial charge in [-0.15, -0.1) is 0 Å². The average Bonchev–Trinajstić information content (AvgIpc) is 3.10. The zero-order valence-corrected chi connectivity index (χ0v) is 31.6. The van der Waals surface area contributed by atoms with Crippen LogP contribution in [0.3, 0.4) is 0 Å². The van der Waals surface area contributed by atoms with Crippen LogP contribution in [0.1, 0.15) is 45.4 Å². The number of unbranched alkanes of at least 4 members (excludes halogenated alkanes) is 5. The van der Waals surface area contributed by atoms with Crippen LogP contribution in [-0.2, 0) is 61.6 Å². The maximum Gasteiger partial charge on any atom is 0.0701 e. The van der Waals surface area contributed by atoms with Crippen LogP contribution in [0.4, 0.5) is 0 Å². The van der Waals surface area contributed by atoms with Crippen LogP contribution in [-0.4, -0.2) is 177 Å². The van der Waals surface area contributed by atoms with E-state index in [0.717, 1.165) is 18.4 Å². The van der Waals surface area contributed by atoms with Crippen LogP contribution in [0.15, 0.2) is 0 Å². The number of ether oxygens (including phenoxy) is 13. The second-order valence-electron chi connectivity index (χ2n) is 10.4. The van der Waals surface area contributed by atoms with Gasteiger partial charge in [0.1, 0.15) is 0 Å². The molecule has 0 aliphatic heterocycles. The minimum absolute atomic E-state index is 0.515. The summed E-state index contributed by atoms with van der Waals surface area (Å²) in [6.07, 6.45) is 7.68. The van der Waals surface area contributed by atoms with Crippen molar-refractivity contribution in [3.63, 3.8) is 0 Å². The van der Waals surface area contributed by atoms with Crippen LogP contribution in [0.25, 0.3) is 0 Å². The van der Waals surface area contributed by atoms with Gasteiger partial charge in [-0.25, -0.2) is 0 Å². The summed E-state index contributed by atoms with van der Waals surface area (Å²) in [6, 6.07) is 0. The van der Waals surface area contributed by atoms with Crippen LogP contribution >= 0.6 is 15.9 Å². The predicted octanol–water partition coefficient (Wildman–Crippen LogP) is 3.96. The molecule has 0 saturated heterocycles. The monoisotopic (exact) mass is 764 g/mol. The number of alkyl halides is 1. The summed E-state index contributed by atoms with van der Waals surface area (Å²) in [7, 11) is 0. The van der Waals surface area contributed by atoms with Crippen molar-refractivity contribution in [2.75, 3.05) is 177 Å². The molecule has 0 amide bonds. The summed E-state index contributed by atoms with van der Waals surface area (Å²) < 4.78 is 71.1. The lowest BCUT2D eigenvalue weighted by Crippen LogP contribution is -2.15. The zero-order chi connectivity index (χ0) is 34.5. The van der Waals surface area contributed by atoms with Gasteiger partial charge in [-0.1, -0.05) is 55.0 Å². The van der Waals surface area contributed by atoms with Crippen molar-refractivity contribution in [3.05, 3.63) is 0 Å². The van der Waals surface area contributed by atoms with E-state index in [1.165, 1.54) is 32.1 Å². The molecule has 14 heteroatoms. The smallest absolute Gasteiger partial charge is 0.0701 e. The van der Waals surface area contributed by atoms with Gasteiger partial charge < -0.3 is 61.6 Å². The highest BCUT2D eigenvalue weighted by Gasteiger charge is 1.97. The largest absolute Gasteiger partial charge is 0.379 e. The second-order valence-corrected chi connectivity index (χ2v) is 11.2. The third-order valence-corrected chi connectivity index (χ3v) is 6.65. The Morgan fingerprint density at radius 2 is 0.417 bits per heavy atom. The Hall–Kier alpha value is -0.0400. The summed E-state index contributed by atoms with van der Waals surface area (Å²) >= 11 is 3.30. The third-order valence-electron chi connectivity index (χ3n) is 6.33. The van der Waals surface area contributed by atoms with E-state index in [2.05, 4.69) is 22.9 Å².